The Labute approximate surface area is 119 Å². The van der Waals surface area contributed by atoms with E-state index in [4.69, 9.17) is 5.73 Å². The second kappa shape index (κ2) is 7.08. The SMILES string of the molecule is CCC1(CNCC2(CN)CCCCCC2)CCCC1. The quantitative estimate of drug-likeness (QED) is 0.717. The highest BCUT2D eigenvalue weighted by Gasteiger charge is 2.34. The number of nitrogens with one attached hydrogen (secondary N) is 1. The van der Waals surface area contributed by atoms with E-state index >= 15 is 0 Å². The maximum Gasteiger partial charge on any atom is 0.00201 e. The molecule has 3 N–H and O–H groups in total. The highest BCUT2D eigenvalue weighted by Crippen LogP contribution is 2.40. The molecule has 2 heteroatoms. The molecule has 0 atom stereocenters. The van der Waals surface area contributed by atoms with Crippen LogP contribution in [0.1, 0.15) is 77.6 Å². The summed E-state index contributed by atoms with van der Waals surface area (Å²) in [5.74, 6) is 0. The van der Waals surface area contributed by atoms with Crippen molar-refractivity contribution in [2.75, 3.05) is 19.6 Å². The smallest absolute Gasteiger partial charge is 0.00201 e. The first kappa shape index (κ1) is 15.3. The van der Waals surface area contributed by atoms with Crippen LogP contribution in [-0.2, 0) is 0 Å². The van der Waals surface area contributed by atoms with E-state index in [0.717, 1.165) is 13.1 Å². The number of nitrogens with two attached hydrogens (primary N) is 1. The Morgan fingerprint density at radius 2 is 1.26 bits per heavy atom. The van der Waals surface area contributed by atoms with Gasteiger partial charge in [0.2, 0.25) is 0 Å². The minimum absolute atomic E-state index is 0.407. The van der Waals surface area contributed by atoms with Crippen LogP contribution in [0.4, 0.5) is 0 Å². The number of hydrogen-bond acceptors (Lipinski definition) is 2. The standard InChI is InChI=1S/C17H34N2/c1-2-16(9-7-8-10-16)14-19-15-17(13-18)11-5-3-4-6-12-17/h19H,2-15,18H2,1H3. The monoisotopic (exact) mass is 266 g/mol. The third kappa shape index (κ3) is 3.95. The lowest BCUT2D eigenvalue weighted by Crippen LogP contribution is -2.43. The first-order valence-electron chi connectivity index (χ1n) is 8.65. The van der Waals surface area contributed by atoms with Crippen LogP contribution in [0.2, 0.25) is 0 Å². The molecule has 0 bridgehead atoms. The molecule has 0 unspecified atom stereocenters. The van der Waals surface area contributed by atoms with Crippen molar-refractivity contribution in [3.8, 4) is 0 Å². The molecular weight excluding hydrogens is 232 g/mol. The molecule has 2 fully saturated rings. The minimum Gasteiger partial charge on any atom is -0.330 e. The van der Waals surface area contributed by atoms with Crippen molar-refractivity contribution in [2.45, 2.75) is 77.6 Å². The molecule has 0 spiro atoms. The van der Waals surface area contributed by atoms with Crippen molar-refractivity contribution in [1.29, 1.82) is 0 Å². The van der Waals surface area contributed by atoms with Gasteiger partial charge < -0.3 is 11.1 Å². The van der Waals surface area contributed by atoms with Gasteiger partial charge in [0, 0.05) is 13.1 Å². The van der Waals surface area contributed by atoms with Crippen molar-refractivity contribution < 1.29 is 0 Å². The molecule has 19 heavy (non-hydrogen) atoms. The van der Waals surface area contributed by atoms with Crippen molar-refractivity contribution in [3.63, 3.8) is 0 Å². The Bertz CT molecular complexity index is 248. The Balaban J connectivity index is 1.82. The van der Waals surface area contributed by atoms with Gasteiger partial charge in [-0.2, -0.15) is 0 Å². The van der Waals surface area contributed by atoms with Gasteiger partial charge in [-0.05, 0) is 49.5 Å². The van der Waals surface area contributed by atoms with Gasteiger partial charge in [0.05, 0.1) is 0 Å². The van der Waals surface area contributed by atoms with Gasteiger partial charge in [-0.15, -0.1) is 0 Å². The van der Waals surface area contributed by atoms with Gasteiger partial charge in [-0.1, -0.05) is 45.4 Å². The van der Waals surface area contributed by atoms with Crippen molar-refractivity contribution >= 4 is 0 Å². The lowest BCUT2D eigenvalue weighted by Gasteiger charge is -2.35. The number of rotatable bonds is 6. The van der Waals surface area contributed by atoms with Crippen LogP contribution in [0.15, 0.2) is 0 Å². The topological polar surface area (TPSA) is 38.0 Å². The minimum atomic E-state index is 0.407. The van der Waals surface area contributed by atoms with Crippen molar-refractivity contribution in [3.05, 3.63) is 0 Å². The maximum absolute atomic E-state index is 6.13. The van der Waals surface area contributed by atoms with E-state index in [1.807, 2.05) is 0 Å². The van der Waals surface area contributed by atoms with Gasteiger partial charge in [0.15, 0.2) is 0 Å². The second-order valence-corrected chi connectivity index (χ2v) is 7.28. The molecule has 0 amide bonds. The van der Waals surface area contributed by atoms with E-state index in [-0.39, 0.29) is 0 Å². The van der Waals surface area contributed by atoms with Crippen LogP contribution in [0.25, 0.3) is 0 Å². The summed E-state index contributed by atoms with van der Waals surface area (Å²) in [7, 11) is 0. The fraction of sp³-hybridized carbons (Fsp3) is 1.00. The molecule has 2 aliphatic carbocycles. The van der Waals surface area contributed by atoms with Crippen LogP contribution in [-0.4, -0.2) is 19.6 Å². The Hall–Kier alpha value is -0.0800. The summed E-state index contributed by atoms with van der Waals surface area (Å²) in [5.41, 5.74) is 7.15. The highest BCUT2D eigenvalue weighted by atomic mass is 14.9. The predicted octanol–water partition coefficient (Wildman–Crippen LogP) is 3.85. The van der Waals surface area contributed by atoms with E-state index in [2.05, 4.69) is 12.2 Å². The molecule has 0 saturated heterocycles. The molecule has 0 aliphatic heterocycles. The van der Waals surface area contributed by atoms with E-state index < -0.39 is 0 Å². The van der Waals surface area contributed by atoms with Crippen molar-refractivity contribution in [2.24, 2.45) is 16.6 Å². The molecule has 112 valence electrons. The molecule has 0 aromatic heterocycles. The largest absolute Gasteiger partial charge is 0.330 e. The third-order valence-corrected chi connectivity index (χ3v) is 6.01. The second-order valence-electron chi connectivity index (χ2n) is 7.28. The van der Waals surface area contributed by atoms with E-state index in [9.17, 15) is 0 Å². The van der Waals surface area contributed by atoms with Crippen LogP contribution < -0.4 is 11.1 Å². The fourth-order valence-electron chi connectivity index (χ4n) is 4.30. The summed E-state index contributed by atoms with van der Waals surface area (Å²) in [6, 6.07) is 0. The average molecular weight is 266 g/mol. The zero-order chi connectivity index (χ0) is 13.6. The molecule has 0 aromatic rings. The van der Waals surface area contributed by atoms with Crippen LogP contribution in [0.5, 0.6) is 0 Å². The summed E-state index contributed by atoms with van der Waals surface area (Å²) in [6.45, 7) is 5.63. The van der Waals surface area contributed by atoms with Gasteiger partial charge in [0.25, 0.3) is 0 Å². The summed E-state index contributed by atoms with van der Waals surface area (Å²) in [6.07, 6.45) is 15.4. The third-order valence-electron chi connectivity index (χ3n) is 6.01. The predicted molar refractivity (Wildman–Crippen MR) is 83.3 cm³/mol. The molecule has 2 rings (SSSR count). The summed E-state index contributed by atoms with van der Waals surface area (Å²) >= 11 is 0. The lowest BCUT2D eigenvalue weighted by molar-refractivity contribution is 0.208. The van der Waals surface area contributed by atoms with Gasteiger partial charge in [0.1, 0.15) is 0 Å². The Morgan fingerprint density at radius 1 is 0.789 bits per heavy atom. The molecule has 0 aromatic carbocycles. The Kier molecular flexibility index (Phi) is 5.70. The van der Waals surface area contributed by atoms with E-state index in [1.165, 1.54) is 77.2 Å². The average Bonchev–Trinajstić information content (AvgIpc) is 2.79. The molecular formula is C17H34N2. The van der Waals surface area contributed by atoms with Crippen LogP contribution >= 0.6 is 0 Å². The van der Waals surface area contributed by atoms with E-state index in [0.29, 0.717) is 10.8 Å². The van der Waals surface area contributed by atoms with Gasteiger partial charge >= 0.3 is 0 Å². The lowest BCUT2D eigenvalue weighted by atomic mass is 9.79. The molecule has 0 radical (unpaired) electrons. The summed E-state index contributed by atoms with van der Waals surface area (Å²) < 4.78 is 0. The fourth-order valence-corrected chi connectivity index (χ4v) is 4.30. The zero-order valence-electron chi connectivity index (χ0n) is 13.0. The normalized spacial score (nSPS) is 26.2. The van der Waals surface area contributed by atoms with Crippen LogP contribution in [0, 0.1) is 10.8 Å². The van der Waals surface area contributed by atoms with Crippen LogP contribution in [0.3, 0.4) is 0 Å². The van der Waals surface area contributed by atoms with Crippen molar-refractivity contribution in [1.82, 2.24) is 5.32 Å². The summed E-state index contributed by atoms with van der Waals surface area (Å²) in [5, 5.41) is 3.83. The first-order valence-corrected chi connectivity index (χ1v) is 8.65. The molecule has 2 aliphatic rings. The molecule has 2 nitrogen and oxygen atoms in total. The first-order chi connectivity index (χ1) is 9.24. The van der Waals surface area contributed by atoms with E-state index in [1.54, 1.807) is 0 Å². The highest BCUT2D eigenvalue weighted by molar-refractivity contribution is 4.89. The zero-order valence-corrected chi connectivity index (χ0v) is 13.0. The molecule has 0 heterocycles. The van der Waals surface area contributed by atoms with Gasteiger partial charge in [-0.3, -0.25) is 0 Å². The number of hydrogen-bond donors (Lipinski definition) is 2. The maximum atomic E-state index is 6.13. The molecule has 2 saturated carbocycles. The Morgan fingerprint density at radius 3 is 1.79 bits per heavy atom. The summed E-state index contributed by atoms with van der Waals surface area (Å²) in [4.78, 5) is 0. The van der Waals surface area contributed by atoms with Gasteiger partial charge in [-0.25, -0.2) is 0 Å².